The summed E-state index contributed by atoms with van der Waals surface area (Å²) in [4.78, 5) is 17.4. The lowest BCUT2D eigenvalue weighted by molar-refractivity contribution is -0.121. The van der Waals surface area contributed by atoms with E-state index >= 15 is 0 Å². The normalized spacial score (nSPS) is 29.0. The summed E-state index contributed by atoms with van der Waals surface area (Å²) in [6.45, 7) is 8.17. The molecule has 4 nitrogen and oxygen atoms in total. The molecule has 1 aliphatic carbocycles. The second-order valence-corrected chi connectivity index (χ2v) is 9.63. The van der Waals surface area contributed by atoms with Crippen molar-refractivity contribution in [3.8, 4) is 0 Å². The van der Waals surface area contributed by atoms with E-state index in [2.05, 4.69) is 31.9 Å². The van der Waals surface area contributed by atoms with Crippen molar-refractivity contribution in [3.05, 3.63) is 34.9 Å². The summed E-state index contributed by atoms with van der Waals surface area (Å²) in [7, 11) is 2.16. The molecule has 1 N–H and O–H groups in total. The zero-order chi connectivity index (χ0) is 19.2. The largest absolute Gasteiger partial charge is 0.384 e. The molecule has 2 aliphatic heterocycles. The molecule has 148 valence electrons. The van der Waals surface area contributed by atoms with Crippen LogP contribution in [-0.2, 0) is 12.0 Å². The van der Waals surface area contributed by atoms with E-state index in [0.29, 0.717) is 0 Å². The van der Waals surface area contributed by atoms with Crippen molar-refractivity contribution < 1.29 is 9.90 Å². The molecule has 1 unspecified atom stereocenters. The first-order chi connectivity index (χ1) is 12.8. The molecule has 4 heteroatoms. The summed E-state index contributed by atoms with van der Waals surface area (Å²) in [5, 5.41) is 12.1. The highest BCUT2D eigenvalue weighted by molar-refractivity contribution is 5.94. The SMILES string of the molecule is CN1CCC(C2(O)c3cc(C(=O)N4CCCCC4)ccc3CC2(C)C)CC1. The number of aliphatic hydroxyl groups is 1. The van der Waals surface area contributed by atoms with Gasteiger partial charge in [0.15, 0.2) is 0 Å². The molecular weight excluding hydrogens is 336 g/mol. The minimum Gasteiger partial charge on any atom is -0.384 e. The third kappa shape index (κ3) is 3.11. The van der Waals surface area contributed by atoms with E-state index in [4.69, 9.17) is 0 Å². The number of benzene rings is 1. The highest BCUT2D eigenvalue weighted by Crippen LogP contribution is 2.56. The lowest BCUT2D eigenvalue weighted by Crippen LogP contribution is -2.49. The van der Waals surface area contributed by atoms with Crippen molar-refractivity contribution in [2.24, 2.45) is 11.3 Å². The molecule has 0 radical (unpaired) electrons. The van der Waals surface area contributed by atoms with E-state index in [1.807, 2.05) is 17.0 Å². The van der Waals surface area contributed by atoms with Gasteiger partial charge in [0.2, 0.25) is 0 Å². The van der Waals surface area contributed by atoms with Crippen LogP contribution in [0.2, 0.25) is 0 Å². The Balaban J connectivity index is 1.68. The molecular formula is C23H34N2O2. The van der Waals surface area contributed by atoms with Crippen LogP contribution in [0.3, 0.4) is 0 Å². The lowest BCUT2D eigenvalue weighted by Gasteiger charge is -2.46. The molecule has 2 fully saturated rings. The van der Waals surface area contributed by atoms with Gasteiger partial charge >= 0.3 is 0 Å². The second kappa shape index (κ2) is 6.89. The molecule has 1 amide bonds. The number of carbonyl (C=O) groups is 1. The van der Waals surface area contributed by atoms with Gasteiger partial charge in [0.05, 0.1) is 5.60 Å². The number of likely N-dealkylation sites (tertiary alicyclic amines) is 2. The number of amides is 1. The summed E-state index contributed by atoms with van der Waals surface area (Å²) < 4.78 is 0. The van der Waals surface area contributed by atoms with Crippen LogP contribution in [0.4, 0.5) is 0 Å². The van der Waals surface area contributed by atoms with Gasteiger partial charge in [-0.25, -0.2) is 0 Å². The maximum Gasteiger partial charge on any atom is 0.253 e. The predicted molar refractivity (Wildman–Crippen MR) is 108 cm³/mol. The van der Waals surface area contributed by atoms with Crippen molar-refractivity contribution in [2.45, 2.75) is 58.0 Å². The lowest BCUT2D eigenvalue weighted by atomic mass is 9.65. The maximum absolute atomic E-state index is 13.0. The second-order valence-electron chi connectivity index (χ2n) is 9.63. The molecule has 4 rings (SSSR count). The van der Waals surface area contributed by atoms with Crippen LogP contribution in [0.1, 0.15) is 67.4 Å². The summed E-state index contributed by atoms with van der Waals surface area (Å²) in [5.41, 5.74) is 1.94. The van der Waals surface area contributed by atoms with Crippen molar-refractivity contribution in [1.29, 1.82) is 0 Å². The van der Waals surface area contributed by atoms with E-state index in [1.54, 1.807) is 0 Å². The number of hydrogen-bond acceptors (Lipinski definition) is 3. The van der Waals surface area contributed by atoms with Crippen LogP contribution >= 0.6 is 0 Å². The average molecular weight is 371 g/mol. The maximum atomic E-state index is 13.0. The first-order valence-corrected chi connectivity index (χ1v) is 10.7. The average Bonchev–Trinajstić information content (AvgIpc) is 2.88. The fraction of sp³-hybridized carbons (Fsp3) is 0.696. The molecule has 1 aromatic carbocycles. The Hall–Kier alpha value is -1.39. The predicted octanol–water partition coefficient (Wildman–Crippen LogP) is 3.42. The summed E-state index contributed by atoms with van der Waals surface area (Å²) >= 11 is 0. The quantitative estimate of drug-likeness (QED) is 0.867. The van der Waals surface area contributed by atoms with E-state index in [-0.39, 0.29) is 17.2 Å². The molecule has 2 saturated heterocycles. The van der Waals surface area contributed by atoms with Crippen LogP contribution in [0.5, 0.6) is 0 Å². The Morgan fingerprint density at radius 1 is 1.07 bits per heavy atom. The highest BCUT2D eigenvalue weighted by atomic mass is 16.3. The molecule has 0 bridgehead atoms. The van der Waals surface area contributed by atoms with Crippen LogP contribution < -0.4 is 0 Å². The van der Waals surface area contributed by atoms with Gasteiger partial charge in [-0.2, -0.15) is 0 Å². The summed E-state index contributed by atoms with van der Waals surface area (Å²) in [6, 6.07) is 6.10. The molecule has 2 heterocycles. The molecule has 3 aliphatic rings. The van der Waals surface area contributed by atoms with Gasteiger partial charge in [0.25, 0.3) is 5.91 Å². The van der Waals surface area contributed by atoms with E-state index in [9.17, 15) is 9.90 Å². The van der Waals surface area contributed by atoms with Crippen LogP contribution in [0.25, 0.3) is 0 Å². The van der Waals surface area contributed by atoms with E-state index < -0.39 is 5.60 Å². The van der Waals surface area contributed by atoms with Gasteiger partial charge in [-0.3, -0.25) is 4.79 Å². The Labute approximate surface area is 163 Å². The number of fused-ring (bicyclic) bond motifs is 1. The smallest absolute Gasteiger partial charge is 0.253 e. The standard InChI is InChI=1S/C23H34N2O2/c1-22(2)16-18-8-7-17(21(26)25-11-5-4-6-12-25)15-20(18)23(22,27)19-9-13-24(3)14-10-19/h7-8,15,19,27H,4-6,9-14,16H2,1-3H3. The number of piperidine rings is 2. The van der Waals surface area contributed by atoms with E-state index in [0.717, 1.165) is 69.4 Å². The third-order valence-corrected chi connectivity index (χ3v) is 7.38. The van der Waals surface area contributed by atoms with Crippen LogP contribution in [-0.4, -0.2) is 54.0 Å². The zero-order valence-electron chi connectivity index (χ0n) is 17.1. The number of carbonyl (C=O) groups excluding carboxylic acids is 1. The van der Waals surface area contributed by atoms with Gasteiger partial charge in [-0.1, -0.05) is 19.9 Å². The first-order valence-electron chi connectivity index (χ1n) is 10.7. The minimum atomic E-state index is -0.845. The monoisotopic (exact) mass is 370 g/mol. The first kappa shape index (κ1) is 18.9. The topological polar surface area (TPSA) is 43.8 Å². The fourth-order valence-corrected chi connectivity index (χ4v) is 5.67. The Kier molecular flexibility index (Phi) is 4.84. The molecule has 0 aromatic heterocycles. The van der Waals surface area contributed by atoms with Crippen LogP contribution in [0, 0.1) is 11.3 Å². The van der Waals surface area contributed by atoms with Gasteiger partial charge in [0.1, 0.15) is 0 Å². The third-order valence-electron chi connectivity index (χ3n) is 7.38. The van der Waals surface area contributed by atoms with Gasteiger partial charge in [-0.05, 0) is 87.8 Å². The summed E-state index contributed by atoms with van der Waals surface area (Å²) in [5.74, 6) is 0.387. The number of hydrogen-bond donors (Lipinski definition) is 1. The molecule has 1 atom stereocenters. The van der Waals surface area contributed by atoms with Crippen molar-refractivity contribution in [3.63, 3.8) is 0 Å². The minimum absolute atomic E-state index is 0.132. The van der Waals surface area contributed by atoms with Gasteiger partial charge in [-0.15, -0.1) is 0 Å². The van der Waals surface area contributed by atoms with E-state index in [1.165, 1.54) is 12.0 Å². The zero-order valence-corrected chi connectivity index (χ0v) is 17.1. The molecule has 27 heavy (non-hydrogen) atoms. The Morgan fingerprint density at radius 3 is 2.41 bits per heavy atom. The number of rotatable bonds is 2. The van der Waals surface area contributed by atoms with Crippen molar-refractivity contribution in [2.75, 3.05) is 33.2 Å². The highest BCUT2D eigenvalue weighted by Gasteiger charge is 2.55. The summed E-state index contributed by atoms with van der Waals surface area (Å²) in [6.07, 6.45) is 6.33. The Bertz CT molecular complexity index is 715. The van der Waals surface area contributed by atoms with Gasteiger partial charge < -0.3 is 14.9 Å². The molecule has 0 saturated carbocycles. The molecule has 0 spiro atoms. The van der Waals surface area contributed by atoms with Crippen LogP contribution in [0.15, 0.2) is 18.2 Å². The van der Waals surface area contributed by atoms with Crippen molar-refractivity contribution >= 4 is 5.91 Å². The van der Waals surface area contributed by atoms with Crippen molar-refractivity contribution in [1.82, 2.24) is 9.80 Å². The number of nitrogens with zero attached hydrogens (tertiary/aromatic N) is 2. The fourth-order valence-electron chi connectivity index (χ4n) is 5.67. The Morgan fingerprint density at radius 2 is 1.74 bits per heavy atom. The molecule has 1 aromatic rings. The van der Waals surface area contributed by atoms with Gasteiger partial charge in [0, 0.05) is 24.1 Å².